The van der Waals surface area contributed by atoms with Crippen molar-refractivity contribution in [1.29, 1.82) is 0 Å². The van der Waals surface area contributed by atoms with Crippen molar-refractivity contribution < 1.29 is 29.2 Å². The molecule has 9 nitrogen and oxygen atoms in total. The number of aromatic nitrogens is 1. The quantitative estimate of drug-likeness (QED) is 0.289. The number of rotatable bonds is 5. The smallest absolute Gasteiger partial charge is 0.235 e. The van der Waals surface area contributed by atoms with E-state index in [4.69, 9.17) is 19.6 Å². The number of phenolic OH excluding ortho intramolecular Hbond substituents is 3. The van der Waals surface area contributed by atoms with E-state index in [1.54, 1.807) is 6.07 Å². The molecule has 2 aromatic carbocycles. The maximum absolute atomic E-state index is 13.0. The highest BCUT2D eigenvalue weighted by molar-refractivity contribution is 5.83. The van der Waals surface area contributed by atoms with Gasteiger partial charge in [0.25, 0.3) is 0 Å². The normalized spacial score (nSPS) is 10.8. The van der Waals surface area contributed by atoms with Gasteiger partial charge in [-0.05, 0) is 36.4 Å². The van der Waals surface area contributed by atoms with E-state index in [1.807, 2.05) is 0 Å². The third kappa shape index (κ3) is 3.63. The molecule has 0 atom stereocenters. The number of pyridine rings is 1. The summed E-state index contributed by atoms with van der Waals surface area (Å²) in [6.45, 7) is -0.338. The zero-order valence-corrected chi connectivity index (χ0v) is 15.4. The molecule has 0 bridgehead atoms. The van der Waals surface area contributed by atoms with Gasteiger partial charge in [0.15, 0.2) is 17.3 Å². The maximum Gasteiger partial charge on any atom is 0.235 e. The summed E-state index contributed by atoms with van der Waals surface area (Å²) in [5, 5.41) is 29.3. The largest absolute Gasteiger partial charge is 0.508 e. The van der Waals surface area contributed by atoms with Crippen LogP contribution in [-0.2, 0) is 0 Å². The molecule has 0 amide bonds. The first-order chi connectivity index (χ1) is 14.4. The number of hydrogen-bond donors (Lipinski definition) is 4. The van der Waals surface area contributed by atoms with E-state index in [2.05, 4.69) is 4.98 Å². The first kappa shape index (κ1) is 18.9. The van der Waals surface area contributed by atoms with E-state index in [-0.39, 0.29) is 52.2 Å². The summed E-state index contributed by atoms with van der Waals surface area (Å²) < 4.78 is 16.8. The molecule has 0 fully saturated rings. The highest BCUT2D eigenvalue weighted by Crippen LogP contribution is 2.36. The molecule has 0 aliphatic rings. The molecule has 152 valence electrons. The SMILES string of the molecule is Nc1cc(OCOc2c(-c3ccc(O)c(O)c3)oc3cc(O)ccc3c2=O)ccn1. The fourth-order valence-corrected chi connectivity index (χ4v) is 2.82. The van der Waals surface area contributed by atoms with Crippen molar-refractivity contribution in [2.24, 2.45) is 0 Å². The number of nitrogens with zero attached hydrogens (tertiary/aromatic N) is 1. The molecule has 2 aromatic heterocycles. The molecule has 4 rings (SSSR count). The summed E-state index contributed by atoms with van der Waals surface area (Å²) in [7, 11) is 0. The molecular weight excluding hydrogens is 392 g/mol. The lowest BCUT2D eigenvalue weighted by Gasteiger charge is -2.13. The van der Waals surface area contributed by atoms with E-state index in [1.165, 1.54) is 48.7 Å². The van der Waals surface area contributed by atoms with Crippen LogP contribution in [0.25, 0.3) is 22.3 Å². The topological polar surface area (TPSA) is 148 Å². The Balaban J connectivity index is 1.77. The summed E-state index contributed by atoms with van der Waals surface area (Å²) in [6, 6.07) is 11.0. The van der Waals surface area contributed by atoms with Crippen LogP contribution in [0.15, 0.2) is 63.9 Å². The predicted molar refractivity (Wildman–Crippen MR) is 108 cm³/mol. The molecule has 0 aliphatic heterocycles. The Morgan fingerprint density at radius 2 is 1.80 bits per heavy atom. The number of benzene rings is 2. The van der Waals surface area contributed by atoms with Gasteiger partial charge in [0.2, 0.25) is 18.0 Å². The van der Waals surface area contributed by atoms with Crippen LogP contribution in [-0.4, -0.2) is 27.1 Å². The molecule has 5 N–H and O–H groups in total. The fourth-order valence-electron chi connectivity index (χ4n) is 2.82. The van der Waals surface area contributed by atoms with E-state index >= 15 is 0 Å². The summed E-state index contributed by atoms with van der Waals surface area (Å²) in [4.78, 5) is 16.9. The second-order valence-electron chi connectivity index (χ2n) is 6.30. The third-order valence-corrected chi connectivity index (χ3v) is 4.25. The van der Waals surface area contributed by atoms with E-state index in [0.717, 1.165) is 0 Å². The number of phenols is 3. The van der Waals surface area contributed by atoms with Crippen LogP contribution in [0, 0.1) is 0 Å². The van der Waals surface area contributed by atoms with E-state index in [0.29, 0.717) is 5.75 Å². The Kier molecular flexibility index (Phi) is 4.77. The van der Waals surface area contributed by atoms with Crippen LogP contribution in [0.5, 0.6) is 28.7 Å². The summed E-state index contributed by atoms with van der Waals surface area (Å²) >= 11 is 0. The second-order valence-corrected chi connectivity index (χ2v) is 6.30. The molecule has 2 heterocycles. The van der Waals surface area contributed by atoms with Crippen LogP contribution >= 0.6 is 0 Å². The Morgan fingerprint density at radius 1 is 0.967 bits per heavy atom. The Hall–Kier alpha value is -4.40. The second kappa shape index (κ2) is 7.55. The van der Waals surface area contributed by atoms with Crippen molar-refractivity contribution in [3.8, 4) is 40.1 Å². The average Bonchev–Trinajstić information content (AvgIpc) is 2.71. The zero-order chi connectivity index (χ0) is 21.3. The minimum atomic E-state index is -0.503. The fraction of sp³-hybridized carbons (Fsp3) is 0.0476. The molecule has 4 aromatic rings. The van der Waals surface area contributed by atoms with Crippen molar-refractivity contribution in [3.05, 3.63) is 65.0 Å². The van der Waals surface area contributed by atoms with Crippen molar-refractivity contribution in [3.63, 3.8) is 0 Å². The van der Waals surface area contributed by atoms with Crippen molar-refractivity contribution >= 4 is 16.8 Å². The van der Waals surface area contributed by atoms with Gasteiger partial charge in [-0.1, -0.05) is 0 Å². The highest BCUT2D eigenvalue weighted by atomic mass is 16.7. The lowest BCUT2D eigenvalue weighted by atomic mass is 10.1. The monoisotopic (exact) mass is 408 g/mol. The standard InChI is InChI=1S/C21H16N2O7/c22-18-9-13(5-6-23-18)28-10-29-21-19(27)14-3-2-12(24)8-17(14)30-20(21)11-1-4-15(25)16(26)7-11/h1-9,24-26H,10H2,(H2,22,23). The predicted octanol–water partition coefficient (Wildman–Crippen LogP) is 2.97. The Labute approximate surface area is 169 Å². The number of nitrogen functional groups attached to an aromatic ring is 1. The van der Waals surface area contributed by atoms with Crippen LogP contribution < -0.4 is 20.6 Å². The average molecular weight is 408 g/mol. The lowest BCUT2D eigenvalue weighted by Crippen LogP contribution is -2.14. The number of anilines is 1. The van der Waals surface area contributed by atoms with Gasteiger partial charge in [-0.15, -0.1) is 0 Å². The van der Waals surface area contributed by atoms with E-state index < -0.39 is 11.2 Å². The summed E-state index contributed by atoms with van der Waals surface area (Å²) in [5.74, 6) is -0.343. The van der Waals surface area contributed by atoms with Crippen molar-refractivity contribution in [1.82, 2.24) is 4.98 Å². The zero-order valence-electron chi connectivity index (χ0n) is 15.4. The highest BCUT2D eigenvalue weighted by Gasteiger charge is 2.19. The molecule has 0 radical (unpaired) electrons. The Morgan fingerprint density at radius 3 is 2.57 bits per heavy atom. The number of hydrogen-bond acceptors (Lipinski definition) is 9. The van der Waals surface area contributed by atoms with Crippen molar-refractivity contribution in [2.45, 2.75) is 0 Å². The third-order valence-electron chi connectivity index (χ3n) is 4.25. The summed E-state index contributed by atoms with van der Waals surface area (Å²) in [5.41, 5.74) is 5.50. The molecule has 9 heteroatoms. The first-order valence-corrected chi connectivity index (χ1v) is 8.71. The molecule has 0 unspecified atom stereocenters. The summed E-state index contributed by atoms with van der Waals surface area (Å²) in [6.07, 6.45) is 1.46. The molecular formula is C21H16N2O7. The molecule has 0 aliphatic carbocycles. The number of nitrogens with two attached hydrogens (primary N) is 1. The van der Waals surface area contributed by atoms with Crippen LogP contribution in [0.3, 0.4) is 0 Å². The van der Waals surface area contributed by atoms with E-state index in [9.17, 15) is 20.1 Å². The van der Waals surface area contributed by atoms with Crippen LogP contribution in [0.4, 0.5) is 5.82 Å². The molecule has 0 spiro atoms. The number of fused-ring (bicyclic) bond motifs is 1. The van der Waals surface area contributed by atoms with Crippen LogP contribution in [0.2, 0.25) is 0 Å². The number of ether oxygens (including phenoxy) is 2. The Bertz CT molecular complexity index is 1300. The minimum absolute atomic E-state index is 0.00811. The van der Waals surface area contributed by atoms with Gasteiger partial charge in [0, 0.05) is 23.9 Å². The molecule has 30 heavy (non-hydrogen) atoms. The number of aromatic hydroxyl groups is 3. The van der Waals surface area contributed by atoms with Gasteiger partial charge in [-0.3, -0.25) is 4.79 Å². The molecule has 0 saturated carbocycles. The van der Waals surface area contributed by atoms with Gasteiger partial charge < -0.3 is 34.9 Å². The lowest BCUT2D eigenvalue weighted by molar-refractivity contribution is 0.117. The van der Waals surface area contributed by atoms with Gasteiger partial charge in [0.05, 0.1) is 5.39 Å². The maximum atomic E-state index is 13.0. The van der Waals surface area contributed by atoms with Gasteiger partial charge in [0.1, 0.15) is 22.9 Å². The minimum Gasteiger partial charge on any atom is -0.508 e. The first-order valence-electron chi connectivity index (χ1n) is 8.71. The molecule has 0 saturated heterocycles. The van der Waals surface area contributed by atoms with Gasteiger partial charge in [-0.2, -0.15) is 0 Å². The van der Waals surface area contributed by atoms with Crippen molar-refractivity contribution in [2.75, 3.05) is 12.5 Å². The van der Waals surface area contributed by atoms with Crippen LogP contribution in [0.1, 0.15) is 0 Å². The van der Waals surface area contributed by atoms with Gasteiger partial charge >= 0.3 is 0 Å². The van der Waals surface area contributed by atoms with Gasteiger partial charge in [-0.25, -0.2) is 4.98 Å².